The highest BCUT2D eigenvalue weighted by atomic mass is 32.2. The Labute approximate surface area is 258 Å². The number of carbonyl (C=O) groups is 1. The SMILES string of the molecule is CCS(=O)(=O)c1ccc(C(CC#N)NC(=O)c2ccc(N3C[C@@H](c4ccc(C(F)(F)F)cc4)CC[C@H]3COC(F)F)cc2)cc1. The molecular weight excluding hydrogens is 617 g/mol. The number of rotatable bonds is 11. The topological polar surface area (TPSA) is 99.5 Å². The Hall–Kier alpha value is -4.02. The first-order valence-corrected chi connectivity index (χ1v) is 15.9. The number of nitrogens with zero attached hydrogens (tertiary/aromatic N) is 2. The van der Waals surface area contributed by atoms with E-state index < -0.39 is 46.2 Å². The monoisotopic (exact) mass is 649 g/mol. The number of sulfone groups is 1. The van der Waals surface area contributed by atoms with Gasteiger partial charge in [0.15, 0.2) is 9.84 Å². The fourth-order valence-corrected chi connectivity index (χ4v) is 6.26. The molecule has 0 radical (unpaired) electrons. The number of ether oxygens (including phenoxy) is 1. The zero-order valence-corrected chi connectivity index (χ0v) is 25.1. The molecule has 7 nitrogen and oxygen atoms in total. The summed E-state index contributed by atoms with van der Waals surface area (Å²) in [4.78, 5) is 15.1. The van der Waals surface area contributed by atoms with Crippen molar-refractivity contribution < 1.29 is 39.9 Å². The first-order chi connectivity index (χ1) is 21.3. The van der Waals surface area contributed by atoms with Gasteiger partial charge < -0.3 is 15.0 Å². The van der Waals surface area contributed by atoms with E-state index in [0.717, 1.165) is 12.1 Å². The molecule has 13 heteroatoms. The molecule has 3 aromatic rings. The lowest BCUT2D eigenvalue weighted by Crippen LogP contribution is -2.45. The fourth-order valence-electron chi connectivity index (χ4n) is 5.38. The van der Waals surface area contributed by atoms with E-state index in [9.17, 15) is 40.4 Å². The molecular formula is C32H32F5N3O4S. The number of hydrogen-bond donors (Lipinski definition) is 1. The van der Waals surface area contributed by atoms with Crippen LogP contribution in [0.5, 0.6) is 0 Å². The second-order valence-corrected chi connectivity index (χ2v) is 13.0. The zero-order valence-electron chi connectivity index (χ0n) is 24.3. The molecule has 0 spiro atoms. The summed E-state index contributed by atoms with van der Waals surface area (Å²) in [7, 11) is -3.41. The third kappa shape index (κ3) is 8.58. The highest BCUT2D eigenvalue weighted by Crippen LogP contribution is 2.36. The summed E-state index contributed by atoms with van der Waals surface area (Å²) in [6, 6.07) is 18.2. The normalized spacial score (nSPS) is 18.0. The van der Waals surface area contributed by atoms with Crippen molar-refractivity contribution in [3.05, 3.63) is 95.1 Å². The van der Waals surface area contributed by atoms with E-state index in [0.29, 0.717) is 36.2 Å². The molecule has 1 N–H and O–H groups in total. The van der Waals surface area contributed by atoms with Crippen molar-refractivity contribution in [2.24, 2.45) is 0 Å². The molecule has 240 valence electrons. The van der Waals surface area contributed by atoms with E-state index >= 15 is 0 Å². The van der Waals surface area contributed by atoms with E-state index in [4.69, 9.17) is 0 Å². The molecule has 3 atom stereocenters. The Morgan fingerprint density at radius 2 is 1.67 bits per heavy atom. The quantitative estimate of drug-likeness (QED) is 0.228. The highest BCUT2D eigenvalue weighted by molar-refractivity contribution is 7.91. The number of hydrogen-bond acceptors (Lipinski definition) is 6. The summed E-state index contributed by atoms with van der Waals surface area (Å²) < 4.78 is 93.8. The van der Waals surface area contributed by atoms with Gasteiger partial charge in [-0.05, 0) is 72.5 Å². The Morgan fingerprint density at radius 3 is 2.22 bits per heavy atom. The number of benzene rings is 3. The molecule has 1 saturated heterocycles. The third-order valence-corrected chi connectivity index (χ3v) is 9.66. The minimum absolute atomic E-state index is 0.0609. The van der Waals surface area contributed by atoms with E-state index in [1.807, 2.05) is 11.0 Å². The zero-order chi connectivity index (χ0) is 32.8. The number of carbonyl (C=O) groups excluding carboxylic acids is 1. The predicted molar refractivity (Wildman–Crippen MR) is 158 cm³/mol. The van der Waals surface area contributed by atoms with Crippen LogP contribution >= 0.6 is 0 Å². The van der Waals surface area contributed by atoms with Gasteiger partial charge in [0, 0.05) is 23.7 Å². The first-order valence-electron chi connectivity index (χ1n) is 14.3. The minimum Gasteiger partial charge on any atom is -0.366 e. The van der Waals surface area contributed by atoms with Gasteiger partial charge in [0.05, 0.1) is 47.4 Å². The van der Waals surface area contributed by atoms with Crippen LogP contribution in [0, 0.1) is 11.3 Å². The Kier molecular flexibility index (Phi) is 10.8. The van der Waals surface area contributed by atoms with Crippen molar-refractivity contribution in [3.8, 4) is 6.07 Å². The smallest absolute Gasteiger partial charge is 0.366 e. The van der Waals surface area contributed by atoms with Crippen LogP contribution in [0.4, 0.5) is 27.6 Å². The summed E-state index contributed by atoms with van der Waals surface area (Å²) in [5, 5.41) is 12.1. The lowest BCUT2D eigenvalue weighted by molar-refractivity contribution is -0.137. The predicted octanol–water partition coefficient (Wildman–Crippen LogP) is 6.88. The van der Waals surface area contributed by atoms with Crippen LogP contribution in [0.3, 0.4) is 0 Å². The molecule has 1 heterocycles. The Morgan fingerprint density at radius 1 is 1.02 bits per heavy atom. The molecule has 1 aliphatic heterocycles. The van der Waals surface area contributed by atoms with Crippen LogP contribution in [-0.4, -0.2) is 45.9 Å². The van der Waals surface area contributed by atoms with Crippen LogP contribution in [0.1, 0.15) is 65.2 Å². The number of amides is 1. The molecule has 0 saturated carbocycles. The summed E-state index contributed by atoms with van der Waals surface area (Å²) in [5.74, 6) is -0.706. The largest absolute Gasteiger partial charge is 0.416 e. The number of piperidine rings is 1. The molecule has 3 aromatic carbocycles. The number of alkyl halides is 5. The number of halogens is 5. The van der Waals surface area contributed by atoms with Gasteiger partial charge in [-0.1, -0.05) is 31.2 Å². The summed E-state index contributed by atoms with van der Waals surface area (Å²) in [6.07, 6.45) is -3.51. The molecule has 1 fully saturated rings. The van der Waals surface area contributed by atoms with Crippen LogP contribution < -0.4 is 10.2 Å². The second kappa shape index (κ2) is 14.4. The van der Waals surface area contributed by atoms with Crippen molar-refractivity contribution in [3.63, 3.8) is 0 Å². The molecule has 45 heavy (non-hydrogen) atoms. The van der Waals surface area contributed by atoms with Gasteiger partial charge in [-0.3, -0.25) is 4.79 Å². The van der Waals surface area contributed by atoms with Crippen molar-refractivity contribution in [2.75, 3.05) is 23.8 Å². The van der Waals surface area contributed by atoms with Crippen LogP contribution in [0.2, 0.25) is 0 Å². The van der Waals surface area contributed by atoms with Crippen LogP contribution in [0.15, 0.2) is 77.7 Å². The van der Waals surface area contributed by atoms with Gasteiger partial charge in [0.1, 0.15) is 0 Å². The molecule has 0 aliphatic carbocycles. The Bertz CT molecular complexity index is 1590. The van der Waals surface area contributed by atoms with E-state index in [1.54, 1.807) is 36.4 Å². The second-order valence-electron chi connectivity index (χ2n) is 10.7. The minimum atomic E-state index is -4.46. The van der Waals surface area contributed by atoms with E-state index in [1.165, 1.54) is 31.2 Å². The van der Waals surface area contributed by atoms with Gasteiger partial charge in [-0.15, -0.1) is 0 Å². The van der Waals surface area contributed by atoms with E-state index in [-0.39, 0.29) is 35.2 Å². The van der Waals surface area contributed by atoms with Gasteiger partial charge in [-0.25, -0.2) is 8.42 Å². The lowest BCUT2D eigenvalue weighted by Gasteiger charge is -2.41. The highest BCUT2D eigenvalue weighted by Gasteiger charge is 2.33. The van der Waals surface area contributed by atoms with Gasteiger partial charge in [0.2, 0.25) is 0 Å². The standard InChI is InChI=1S/C32H32F5N3O4S/c1-2-45(42,43)28-15-8-22(9-16-28)29(17-18-38)39-30(41)23-5-12-26(13-6-23)40-19-24(7-14-27(40)20-44-31(33)34)21-3-10-25(11-4-21)32(35,36)37/h3-6,8-13,15-16,24,27,29,31H,2,7,14,17,19-20H2,1H3,(H,39,41)/t24-,27-,29?/m0/s1. The molecule has 0 bridgehead atoms. The maximum atomic E-state index is 13.1. The summed E-state index contributed by atoms with van der Waals surface area (Å²) in [6.45, 7) is -1.34. The summed E-state index contributed by atoms with van der Waals surface area (Å²) >= 11 is 0. The maximum Gasteiger partial charge on any atom is 0.416 e. The molecule has 1 unspecified atom stereocenters. The van der Waals surface area contributed by atoms with Crippen molar-refractivity contribution >= 4 is 21.4 Å². The van der Waals surface area contributed by atoms with Crippen LogP contribution in [0.25, 0.3) is 0 Å². The van der Waals surface area contributed by atoms with E-state index in [2.05, 4.69) is 10.1 Å². The molecule has 4 rings (SSSR count). The van der Waals surface area contributed by atoms with Crippen molar-refractivity contribution in [1.29, 1.82) is 5.26 Å². The maximum absolute atomic E-state index is 13.1. The molecule has 1 amide bonds. The van der Waals surface area contributed by atoms with Crippen molar-refractivity contribution in [2.45, 2.75) is 61.9 Å². The number of anilines is 1. The van der Waals surface area contributed by atoms with Gasteiger partial charge >= 0.3 is 12.8 Å². The van der Waals surface area contributed by atoms with Crippen LogP contribution in [-0.2, 0) is 20.8 Å². The fraction of sp³-hybridized carbons (Fsp3) is 0.375. The van der Waals surface area contributed by atoms with Gasteiger partial charge in [-0.2, -0.15) is 27.2 Å². The molecule has 1 aliphatic rings. The lowest BCUT2D eigenvalue weighted by atomic mass is 9.86. The van der Waals surface area contributed by atoms with Gasteiger partial charge in [0.25, 0.3) is 5.91 Å². The average Bonchev–Trinajstić information content (AvgIpc) is 3.03. The number of nitrogens with one attached hydrogen (secondary N) is 1. The number of nitriles is 1. The Balaban J connectivity index is 1.51. The average molecular weight is 650 g/mol. The third-order valence-electron chi connectivity index (χ3n) is 7.91. The first kappa shape index (κ1) is 33.9. The molecule has 0 aromatic heterocycles. The van der Waals surface area contributed by atoms with Crippen molar-refractivity contribution in [1.82, 2.24) is 5.32 Å². The summed E-state index contributed by atoms with van der Waals surface area (Å²) in [5.41, 5.74) is 1.38.